The number of hydrogen-bond donors (Lipinski definition) is 2. The maximum atomic E-state index is 11.3. The fourth-order valence-electron chi connectivity index (χ4n) is 5.81. The normalized spacial score (nSPS) is 20.7. The second-order valence-electron chi connectivity index (χ2n) is 10.6. The summed E-state index contributed by atoms with van der Waals surface area (Å²) in [6.07, 6.45) is 5.99. The Kier molecular flexibility index (Phi) is 6.88. The van der Waals surface area contributed by atoms with E-state index in [0.717, 1.165) is 74.2 Å². The molecule has 1 saturated carbocycles. The fraction of sp³-hybridized carbons (Fsp3) is 0.379. The van der Waals surface area contributed by atoms with Crippen molar-refractivity contribution in [2.45, 2.75) is 37.8 Å². The maximum Gasteiger partial charge on any atom is 0.248 e. The van der Waals surface area contributed by atoms with Crippen molar-refractivity contribution in [3.05, 3.63) is 60.4 Å². The van der Waals surface area contributed by atoms with Gasteiger partial charge in [0.15, 0.2) is 5.65 Å². The van der Waals surface area contributed by atoms with E-state index in [2.05, 4.69) is 31.5 Å². The third kappa shape index (κ3) is 5.17. The van der Waals surface area contributed by atoms with Gasteiger partial charge in [0.2, 0.25) is 5.91 Å². The van der Waals surface area contributed by atoms with Gasteiger partial charge >= 0.3 is 0 Å². The van der Waals surface area contributed by atoms with Crippen LogP contribution in [0.2, 0.25) is 0 Å². The molecule has 1 amide bonds. The van der Waals surface area contributed by atoms with Crippen molar-refractivity contribution in [2.75, 3.05) is 39.0 Å². The smallest absolute Gasteiger partial charge is 0.248 e. The van der Waals surface area contributed by atoms with Crippen molar-refractivity contribution < 1.29 is 9.53 Å². The number of ether oxygens (including phenoxy) is 1. The van der Waals surface area contributed by atoms with Gasteiger partial charge in [-0.2, -0.15) is 5.10 Å². The van der Waals surface area contributed by atoms with E-state index in [1.54, 1.807) is 24.3 Å². The van der Waals surface area contributed by atoms with Crippen LogP contribution in [0.5, 0.6) is 11.5 Å². The van der Waals surface area contributed by atoms with Crippen molar-refractivity contribution in [3.63, 3.8) is 0 Å². The number of benzene rings is 2. The number of nitrogens with zero attached hydrogens (tertiary/aromatic N) is 6. The molecule has 2 fully saturated rings. The van der Waals surface area contributed by atoms with E-state index in [9.17, 15) is 4.79 Å². The molecule has 202 valence electrons. The van der Waals surface area contributed by atoms with Gasteiger partial charge in [0, 0.05) is 43.3 Å². The molecule has 4 N–H and O–H groups in total. The van der Waals surface area contributed by atoms with Crippen molar-refractivity contribution in [1.29, 1.82) is 0 Å². The van der Waals surface area contributed by atoms with Crippen LogP contribution in [0.3, 0.4) is 0 Å². The lowest BCUT2D eigenvalue weighted by molar-refractivity contribution is 0.0815. The average molecular weight is 527 g/mol. The van der Waals surface area contributed by atoms with Gasteiger partial charge in [-0.25, -0.2) is 14.6 Å². The molecular weight excluding hydrogens is 492 g/mol. The highest BCUT2D eigenvalue weighted by Crippen LogP contribution is 2.37. The molecule has 4 aromatic rings. The molecule has 2 aliphatic rings. The van der Waals surface area contributed by atoms with Gasteiger partial charge in [0.1, 0.15) is 29.3 Å². The minimum Gasteiger partial charge on any atom is -0.457 e. The van der Waals surface area contributed by atoms with Gasteiger partial charge in [-0.05, 0) is 81.3 Å². The van der Waals surface area contributed by atoms with Gasteiger partial charge in [-0.3, -0.25) is 9.69 Å². The number of hydrogen-bond acceptors (Lipinski definition) is 8. The predicted molar refractivity (Wildman–Crippen MR) is 151 cm³/mol. The lowest BCUT2D eigenvalue weighted by Crippen LogP contribution is -2.49. The van der Waals surface area contributed by atoms with Crippen LogP contribution in [0.1, 0.15) is 42.1 Å². The summed E-state index contributed by atoms with van der Waals surface area (Å²) in [6.45, 7) is 4.61. The quantitative estimate of drug-likeness (QED) is 0.389. The number of rotatable bonds is 6. The molecule has 39 heavy (non-hydrogen) atoms. The monoisotopic (exact) mass is 526 g/mol. The lowest BCUT2D eigenvalue weighted by Gasteiger charge is -2.41. The number of carbonyl (C=O) groups excluding carboxylic acids is 1. The summed E-state index contributed by atoms with van der Waals surface area (Å²) in [5.74, 6) is 1.25. The Morgan fingerprint density at radius 1 is 0.872 bits per heavy atom. The van der Waals surface area contributed by atoms with E-state index in [4.69, 9.17) is 21.3 Å². The molecule has 0 bridgehead atoms. The molecule has 0 radical (unpaired) electrons. The molecule has 2 aromatic heterocycles. The molecule has 0 spiro atoms. The Hall–Kier alpha value is -4.02. The topological polar surface area (TPSA) is 128 Å². The van der Waals surface area contributed by atoms with Gasteiger partial charge < -0.3 is 21.1 Å². The SMILES string of the molecule is CN1CCN(C2CCC(n3nc(-c4ccc(Oc5ccc(C(N)=O)cc5)cc4)c4c(N)ncnc43)CC2)CC1. The first-order valence-electron chi connectivity index (χ1n) is 13.6. The Morgan fingerprint density at radius 3 is 2.13 bits per heavy atom. The van der Waals surface area contributed by atoms with Crippen molar-refractivity contribution >= 4 is 22.8 Å². The third-order valence-electron chi connectivity index (χ3n) is 8.09. The molecule has 10 heteroatoms. The fourth-order valence-corrected chi connectivity index (χ4v) is 5.81. The molecule has 0 atom stereocenters. The van der Waals surface area contributed by atoms with E-state index in [0.29, 0.717) is 28.9 Å². The highest BCUT2D eigenvalue weighted by molar-refractivity contribution is 5.98. The summed E-state index contributed by atoms with van der Waals surface area (Å²) < 4.78 is 8.02. The molecule has 1 aliphatic heterocycles. The third-order valence-corrected chi connectivity index (χ3v) is 8.09. The first-order valence-corrected chi connectivity index (χ1v) is 13.6. The molecule has 1 saturated heterocycles. The van der Waals surface area contributed by atoms with Crippen LogP contribution in [0.15, 0.2) is 54.9 Å². The lowest BCUT2D eigenvalue weighted by atomic mass is 9.90. The van der Waals surface area contributed by atoms with Crippen molar-refractivity contribution in [1.82, 2.24) is 29.5 Å². The minimum absolute atomic E-state index is 0.283. The number of carbonyl (C=O) groups is 1. The molecule has 3 heterocycles. The number of amides is 1. The summed E-state index contributed by atoms with van der Waals surface area (Å²) in [4.78, 5) is 25.3. The van der Waals surface area contributed by atoms with Crippen molar-refractivity contribution in [3.8, 4) is 22.8 Å². The Balaban J connectivity index is 1.21. The Labute approximate surface area is 227 Å². The number of fused-ring (bicyclic) bond motifs is 1. The zero-order valence-electron chi connectivity index (χ0n) is 22.2. The summed E-state index contributed by atoms with van der Waals surface area (Å²) in [5, 5.41) is 5.85. The zero-order chi connectivity index (χ0) is 26.9. The highest BCUT2D eigenvalue weighted by Gasteiger charge is 2.30. The zero-order valence-corrected chi connectivity index (χ0v) is 22.2. The standard InChI is InChI=1S/C29H34N8O2/c1-35-14-16-36(17-15-35)21-6-8-22(9-7-21)37-29-25(27(30)32-18-33-29)26(34-37)19-2-10-23(11-3-19)39-24-12-4-20(5-13-24)28(31)38/h2-5,10-13,18,21-22H,6-9,14-17H2,1H3,(H2,31,38)(H2,30,32,33). The van der Waals surface area contributed by atoms with Crippen LogP contribution in [-0.2, 0) is 0 Å². The van der Waals surface area contributed by atoms with Crippen LogP contribution in [0.4, 0.5) is 5.82 Å². The summed E-state index contributed by atoms with van der Waals surface area (Å²) in [6, 6.07) is 15.4. The van der Waals surface area contributed by atoms with Crippen LogP contribution in [0, 0.1) is 0 Å². The molecule has 0 unspecified atom stereocenters. The minimum atomic E-state index is -0.469. The largest absolute Gasteiger partial charge is 0.457 e. The Bertz CT molecular complexity index is 1450. The van der Waals surface area contributed by atoms with E-state index in [1.807, 2.05) is 24.3 Å². The second kappa shape index (κ2) is 10.6. The summed E-state index contributed by atoms with van der Waals surface area (Å²) >= 11 is 0. The van der Waals surface area contributed by atoms with Gasteiger partial charge in [0.25, 0.3) is 0 Å². The number of piperazine rings is 1. The molecule has 10 nitrogen and oxygen atoms in total. The molecular formula is C29H34N8O2. The predicted octanol–water partition coefficient (Wildman–Crippen LogP) is 3.70. The number of anilines is 1. The molecule has 2 aromatic carbocycles. The van der Waals surface area contributed by atoms with Gasteiger partial charge in [0.05, 0.1) is 11.4 Å². The van der Waals surface area contributed by atoms with E-state index in [1.165, 1.54) is 6.33 Å². The van der Waals surface area contributed by atoms with E-state index < -0.39 is 5.91 Å². The highest BCUT2D eigenvalue weighted by atomic mass is 16.5. The number of likely N-dealkylation sites (N-methyl/N-ethyl adjacent to an activating group) is 1. The molecule has 1 aliphatic carbocycles. The second-order valence-corrected chi connectivity index (χ2v) is 10.6. The van der Waals surface area contributed by atoms with Crippen LogP contribution < -0.4 is 16.2 Å². The number of nitrogen functional groups attached to an aromatic ring is 1. The molecule has 6 rings (SSSR count). The number of aromatic nitrogens is 4. The van der Waals surface area contributed by atoms with Crippen LogP contribution >= 0.6 is 0 Å². The first-order chi connectivity index (χ1) is 19.0. The van der Waals surface area contributed by atoms with E-state index >= 15 is 0 Å². The Morgan fingerprint density at radius 2 is 1.49 bits per heavy atom. The van der Waals surface area contributed by atoms with Crippen LogP contribution in [0.25, 0.3) is 22.3 Å². The van der Waals surface area contributed by atoms with Crippen molar-refractivity contribution in [2.24, 2.45) is 5.73 Å². The van der Waals surface area contributed by atoms with Crippen LogP contribution in [-0.4, -0.2) is 74.7 Å². The maximum absolute atomic E-state index is 11.3. The number of nitrogens with two attached hydrogens (primary N) is 2. The summed E-state index contributed by atoms with van der Waals surface area (Å²) in [7, 11) is 2.20. The van der Waals surface area contributed by atoms with E-state index in [-0.39, 0.29) is 6.04 Å². The number of primary amides is 1. The van der Waals surface area contributed by atoms with Gasteiger partial charge in [-0.1, -0.05) is 0 Å². The summed E-state index contributed by atoms with van der Waals surface area (Å²) in [5.41, 5.74) is 14.6. The van der Waals surface area contributed by atoms with Gasteiger partial charge in [-0.15, -0.1) is 0 Å². The average Bonchev–Trinajstić information content (AvgIpc) is 3.35. The first kappa shape index (κ1) is 25.3.